The van der Waals surface area contributed by atoms with Gasteiger partial charge in [-0.25, -0.2) is 0 Å². The van der Waals surface area contributed by atoms with Gasteiger partial charge in [0.2, 0.25) is 0 Å². The van der Waals surface area contributed by atoms with Crippen molar-refractivity contribution in [1.82, 2.24) is 0 Å². The van der Waals surface area contributed by atoms with Crippen molar-refractivity contribution in [3.63, 3.8) is 0 Å². The van der Waals surface area contributed by atoms with E-state index in [1.165, 1.54) is 22.3 Å². The zero-order valence-electron chi connectivity index (χ0n) is 25.9. The first-order valence-electron chi connectivity index (χ1n) is 16.2. The van der Waals surface area contributed by atoms with Crippen LogP contribution >= 0.6 is 24.8 Å². The molecule has 2 atom stereocenters. The van der Waals surface area contributed by atoms with Crippen LogP contribution in [0, 0.1) is 0 Å². The molecule has 6 aromatic rings. The molecular formula is C43H36Cl2SiZr. The van der Waals surface area contributed by atoms with E-state index < -0.39 is 25.4 Å². The fourth-order valence-corrected chi connectivity index (χ4v) is 50.3. The molecule has 0 aromatic heterocycles. The van der Waals surface area contributed by atoms with Gasteiger partial charge in [-0.15, -0.1) is 24.8 Å². The summed E-state index contributed by atoms with van der Waals surface area (Å²) in [6.45, 7) is 0. The van der Waals surface area contributed by atoms with Gasteiger partial charge in [-0.1, -0.05) is 0 Å². The van der Waals surface area contributed by atoms with Gasteiger partial charge < -0.3 is 0 Å². The molecule has 0 saturated carbocycles. The van der Waals surface area contributed by atoms with Crippen LogP contribution < -0.4 is 10.4 Å². The molecular weight excluding hydrogens is 707 g/mol. The van der Waals surface area contributed by atoms with Crippen LogP contribution in [-0.4, -0.2) is 5.92 Å². The molecule has 4 heteroatoms. The molecule has 3 aliphatic rings. The van der Waals surface area contributed by atoms with Crippen LogP contribution in [0.1, 0.15) is 44.3 Å². The Kier molecular flexibility index (Phi) is 8.98. The maximum Gasteiger partial charge on any atom is -0.147 e. The van der Waals surface area contributed by atoms with Crippen molar-refractivity contribution in [2.75, 3.05) is 0 Å². The predicted molar refractivity (Wildman–Crippen MR) is 204 cm³/mol. The van der Waals surface area contributed by atoms with Crippen molar-refractivity contribution in [1.29, 1.82) is 0 Å². The summed E-state index contributed by atoms with van der Waals surface area (Å²) in [4.78, 5) is 0. The van der Waals surface area contributed by atoms with E-state index in [1.54, 1.807) is 32.6 Å². The summed E-state index contributed by atoms with van der Waals surface area (Å²) in [6, 6.07) is 61.0. The molecule has 0 bridgehead atoms. The molecule has 0 aliphatic heterocycles. The van der Waals surface area contributed by atoms with Crippen molar-refractivity contribution in [2.45, 2.75) is 10.9 Å². The molecule has 9 rings (SSSR count). The predicted octanol–water partition coefficient (Wildman–Crippen LogP) is 9.83. The molecule has 0 nitrogen and oxygen atoms in total. The molecule has 0 heterocycles. The first kappa shape index (κ1) is 32.0. The summed E-state index contributed by atoms with van der Waals surface area (Å²) in [5, 5.41) is 3.19. The molecule has 2 unspecified atom stereocenters. The summed E-state index contributed by atoms with van der Waals surface area (Å²) in [5.74, 6) is -1.89. The maximum absolute atomic E-state index is 3.90. The van der Waals surface area contributed by atoms with E-state index in [0.717, 1.165) is 0 Å². The Bertz CT molecular complexity index is 1960. The normalized spacial score (nSPS) is 18.0. The largest absolute Gasteiger partial charge is 0.147 e. The number of benzene rings is 6. The fraction of sp³-hybridized carbons (Fsp3) is 0.0698. The third-order valence-corrected chi connectivity index (χ3v) is 44.1. The summed E-state index contributed by atoms with van der Waals surface area (Å²) < 4.78 is 1.26. The van der Waals surface area contributed by atoms with Gasteiger partial charge in [0.1, 0.15) is 0 Å². The standard InChI is InChI=1S/C13H9.C12H11Si.2C9H7.2ClH.Zr/c1-3-7-12-10(5-1)9-11-6-2-4-8-13(11)12;1-3-7-11(8-4-1)13-12-9-5-2-6-10-12;2*1-2-5-9-7-3-6-8(9)4-1;;;/h1-9H;1-10,13H;2*1-7H;2*1H;. The van der Waals surface area contributed by atoms with E-state index in [2.05, 4.69) is 182 Å². The zero-order valence-corrected chi connectivity index (χ0v) is 31.2. The van der Waals surface area contributed by atoms with E-state index in [4.69, 9.17) is 0 Å². The minimum atomic E-state index is -3.90. The monoisotopic (exact) mass is 740 g/mol. The first-order chi connectivity index (χ1) is 22.4. The molecule has 0 fully saturated rings. The van der Waals surface area contributed by atoms with Gasteiger partial charge in [0, 0.05) is 0 Å². The minimum absolute atomic E-state index is 0. The van der Waals surface area contributed by atoms with Crippen molar-refractivity contribution in [2.24, 2.45) is 0 Å². The number of hydrogen-bond donors (Lipinski definition) is 0. The summed E-state index contributed by atoms with van der Waals surface area (Å²) >= 11 is -3.90. The van der Waals surface area contributed by atoms with Crippen LogP contribution in [0.2, 0.25) is 0 Å². The van der Waals surface area contributed by atoms with Crippen molar-refractivity contribution < 1.29 is 19.4 Å². The number of fused-ring (bicyclic) bond motifs is 5. The average Bonchev–Trinajstić information content (AvgIpc) is 3.83. The Morgan fingerprint density at radius 3 is 1.19 bits per heavy atom. The second kappa shape index (κ2) is 13.2. The Labute approximate surface area is 295 Å². The van der Waals surface area contributed by atoms with E-state index in [-0.39, 0.29) is 24.8 Å². The quantitative estimate of drug-likeness (QED) is 0.149. The first-order valence-corrected chi connectivity index (χ1v) is 26.4. The minimum Gasteiger partial charge on any atom is -0.147 e. The number of hydrogen-bond acceptors (Lipinski definition) is 0. The smallest absolute Gasteiger partial charge is 0.147 e. The van der Waals surface area contributed by atoms with Crippen molar-refractivity contribution >= 4 is 53.3 Å². The fourth-order valence-electron chi connectivity index (χ4n) is 9.20. The topological polar surface area (TPSA) is 0 Å². The van der Waals surface area contributed by atoms with Crippen LogP contribution in [0.15, 0.2) is 170 Å². The maximum atomic E-state index is 2.67. The second-order valence-electron chi connectivity index (χ2n) is 12.8. The van der Waals surface area contributed by atoms with Gasteiger partial charge in [0.15, 0.2) is 0 Å². The summed E-state index contributed by atoms with van der Waals surface area (Å²) in [5.41, 5.74) is 11.9. The van der Waals surface area contributed by atoms with Crippen LogP contribution in [0.3, 0.4) is 0 Å². The van der Waals surface area contributed by atoms with E-state index in [1.807, 2.05) is 0 Å². The zero-order chi connectivity index (χ0) is 29.8. The van der Waals surface area contributed by atoms with Crippen LogP contribution in [0.4, 0.5) is 0 Å². The van der Waals surface area contributed by atoms with Crippen LogP contribution in [-0.2, 0) is 19.4 Å². The number of rotatable bonds is 6. The van der Waals surface area contributed by atoms with Gasteiger partial charge in [0.05, 0.1) is 0 Å². The summed E-state index contributed by atoms with van der Waals surface area (Å²) in [6.07, 6.45) is 10.3. The van der Waals surface area contributed by atoms with Gasteiger partial charge in [0.25, 0.3) is 0 Å². The molecule has 0 spiro atoms. The van der Waals surface area contributed by atoms with Gasteiger partial charge in [-0.3, -0.25) is 0 Å². The Morgan fingerprint density at radius 1 is 0.383 bits per heavy atom. The van der Waals surface area contributed by atoms with Gasteiger partial charge in [-0.2, -0.15) is 0 Å². The number of allylic oxidation sites excluding steroid dienone is 2. The molecule has 0 amide bonds. The molecule has 230 valence electrons. The third kappa shape index (κ3) is 4.96. The van der Waals surface area contributed by atoms with E-state index >= 15 is 0 Å². The van der Waals surface area contributed by atoms with Crippen molar-refractivity contribution in [3.8, 4) is 11.1 Å². The third-order valence-electron chi connectivity index (χ3n) is 10.8. The second-order valence-corrected chi connectivity index (χ2v) is 34.6. The van der Waals surface area contributed by atoms with E-state index in [0.29, 0.717) is 10.9 Å². The Hall–Kier alpha value is -3.52. The van der Waals surface area contributed by atoms with Gasteiger partial charge >= 0.3 is 273 Å². The van der Waals surface area contributed by atoms with Gasteiger partial charge in [-0.05, 0) is 0 Å². The van der Waals surface area contributed by atoms with Crippen molar-refractivity contribution in [3.05, 3.63) is 203 Å². The Morgan fingerprint density at radius 2 is 0.745 bits per heavy atom. The molecule has 47 heavy (non-hydrogen) atoms. The molecule has 0 radical (unpaired) electrons. The molecule has 0 saturated heterocycles. The SMILES string of the molecule is C1=C[CH]([Zr]([CH]2C=Cc3ccccc32)([CH]2c3ccccc3-c3ccccc32)[SiH](c2ccccc2)c2ccccc2)c2ccccc21.Cl.Cl. The molecule has 0 N–H and O–H groups in total. The number of halogens is 2. The van der Waals surface area contributed by atoms with Crippen LogP contribution in [0.5, 0.6) is 0 Å². The van der Waals surface area contributed by atoms with E-state index in [9.17, 15) is 0 Å². The summed E-state index contributed by atoms with van der Waals surface area (Å²) in [7, 11) is 0. The average molecular weight is 743 g/mol. The van der Waals surface area contributed by atoms with Crippen LogP contribution in [0.25, 0.3) is 23.3 Å². The molecule has 6 aromatic carbocycles. The Balaban J connectivity index is 0.00000176. The molecule has 3 aliphatic carbocycles.